The Morgan fingerprint density at radius 2 is 1.84 bits per heavy atom. The van der Waals surface area contributed by atoms with Gasteiger partial charge in [0.15, 0.2) is 0 Å². The highest BCUT2D eigenvalue weighted by atomic mass is 28.4. The zero-order valence-electron chi connectivity index (χ0n) is 11.9. The van der Waals surface area contributed by atoms with Gasteiger partial charge < -0.3 is 4.43 Å². The summed E-state index contributed by atoms with van der Waals surface area (Å²) in [4.78, 5) is 10.8. The van der Waals surface area contributed by atoms with E-state index in [1.807, 2.05) is 30.3 Å². The van der Waals surface area contributed by atoms with E-state index in [4.69, 9.17) is 4.43 Å². The van der Waals surface area contributed by atoms with Crippen molar-refractivity contribution in [3.05, 3.63) is 58.3 Å². The molecule has 19 heavy (non-hydrogen) atoms. The van der Waals surface area contributed by atoms with Crippen molar-refractivity contribution in [2.24, 2.45) is 0 Å². The fourth-order valence-electron chi connectivity index (χ4n) is 1.68. The van der Waals surface area contributed by atoms with Gasteiger partial charge in [-0.3, -0.25) is 10.1 Å². The van der Waals surface area contributed by atoms with Gasteiger partial charge in [0.05, 0.1) is 12.2 Å². The quantitative estimate of drug-likeness (QED) is 0.344. The second kappa shape index (κ2) is 6.52. The van der Waals surface area contributed by atoms with Gasteiger partial charge in [0, 0.05) is 11.8 Å². The molecule has 0 N–H and O–H groups in total. The Morgan fingerprint density at radius 1 is 1.26 bits per heavy atom. The predicted octanol–water partition coefficient (Wildman–Crippen LogP) is 3.80. The molecule has 0 heterocycles. The summed E-state index contributed by atoms with van der Waals surface area (Å²) in [7, 11) is -1.64. The predicted molar refractivity (Wildman–Crippen MR) is 79.2 cm³/mol. The molecule has 0 aliphatic carbocycles. The number of nitrogens with zero attached hydrogens (tertiary/aromatic N) is 1. The number of benzene rings is 1. The van der Waals surface area contributed by atoms with E-state index in [1.165, 1.54) is 0 Å². The summed E-state index contributed by atoms with van der Waals surface area (Å²) >= 11 is 0. The number of rotatable bonds is 6. The summed E-state index contributed by atoms with van der Waals surface area (Å²) in [5.74, 6) is -0.271. The van der Waals surface area contributed by atoms with E-state index < -0.39 is 14.4 Å². The molecule has 0 aromatic heterocycles. The van der Waals surface area contributed by atoms with Crippen LogP contribution in [0.3, 0.4) is 0 Å². The fraction of sp³-hybridized carbons (Fsp3) is 0.429. The molecule has 0 saturated heterocycles. The van der Waals surface area contributed by atoms with E-state index in [-0.39, 0.29) is 10.8 Å². The SMILES string of the molecule is CC(C(C=CO[Si](C)(C)C)c1ccccc1)[N+](=O)[O-]. The normalized spacial score (nSPS) is 15.2. The van der Waals surface area contributed by atoms with Gasteiger partial charge >= 0.3 is 0 Å². The second-order valence-corrected chi connectivity index (χ2v) is 9.98. The molecule has 0 fully saturated rings. The summed E-state index contributed by atoms with van der Waals surface area (Å²) in [6.45, 7) is 7.85. The lowest BCUT2D eigenvalue weighted by Crippen LogP contribution is -2.24. The van der Waals surface area contributed by atoms with Crippen LogP contribution in [-0.4, -0.2) is 19.3 Å². The van der Waals surface area contributed by atoms with Gasteiger partial charge in [-0.05, 0) is 31.3 Å². The van der Waals surface area contributed by atoms with Crippen molar-refractivity contribution in [1.82, 2.24) is 0 Å². The van der Waals surface area contributed by atoms with Crippen LogP contribution in [0.5, 0.6) is 0 Å². The van der Waals surface area contributed by atoms with Crippen LogP contribution in [0, 0.1) is 10.1 Å². The Labute approximate surface area is 115 Å². The monoisotopic (exact) mass is 279 g/mol. The Bertz CT molecular complexity index is 440. The Kier molecular flexibility index (Phi) is 5.29. The minimum absolute atomic E-state index is 0.253. The first kappa shape index (κ1) is 15.4. The third-order valence-electron chi connectivity index (χ3n) is 2.74. The first-order valence-electron chi connectivity index (χ1n) is 6.34. The molecular formula is C14H21NO3Si. The van der Waals surface area contributed by atoms with E-state index in [9.17, 15) is 10.1 Å². The zero-order chi connectivity index (χ0) is 14.5. The average Bonchev–Trinajstić information content (AvgIpc) is 2.33. The summed E-state index contributed by atoms with van der Waals surface area (Å²) in [5.41, 5.74) is 0.933. The van der Waals surface area contributed by atoms with Crippen molar-refractivity contribution < 1.29 is 9.35 Å². The van der Waals surface area contributed by atoms with Gasteiger partial charge in [0.2, 0.25) is 14.4 Å². The minimum atomic E-state index is -1.64. The van der Waals surface area contributed by atoms with E-state index in [2.05, 4.69) is 19.6 Å². The fourth-order valence-corrected chi connectivity index (χ4v) is 2.17. The van der Waals surface area contributed by atoms with Gasteiger partial charge in [-0.25, -0.2) is 0 Å². The van der Waals surface area contributed by atoms with Crippen molar-refractivity contribution in [3.8, 4) is 0 Å². The van der Waals surface area contributed by atoms with Crippen molar-refractivity contribution in [2.75, 3.05) is 0 Å². The van der Waals surface area contributed by atoms with Crippen molar-refractivity contribution in [3.63, 3.8) is 0 Å². The highest BCUT2D eigenvalue weighted by Gasteiger charge is 2.26. The van der Waals surface area contributed by atoms with Crippen LogP contribution >= 0.6 is 0 Å². The first-order valence-corrected chi connectivity index (χ1v) is 9.75. The van der Waals surface area contributed by atoms with Gasteiger partial charge in [-0.2, -0.15) is 0 Å². The van der Waals surface area contributed by atoms with Crippen molar-refractivity contribution in [1.29, 1.82) is 0 Å². The summed E-state index contributed by atoms with van der Waals surface area (Å²) in [5, 5.41) is 11.0. The zero-order valence-corrected chi connectivity index (χ0v) is 12.9. The van der Waals surface area contributed by atoms with Crippen molar-refractivity contribution >= 4 is 8.32 Å². The molecule has 5 heteroatoms. The summed E-state index contributed by atoms with van der Waals surface area (Å²) in [6, 6.07) is 8.82. The third kappa shape index (κ3) is 5.26. The summed E-state index contributed by atoms with van der Waals surface area (Å²) in [6.07, 6.45) is 3.42. The average molecular weight is 279 g/mol. The van der Waals surface area contributed by atoms with E-state index >= 15 is 0 Å². The maximum absolute atomic E-state index is 11.0. The maximum atomic E-state index is 11.0. The smallest absolute Gasteiger partial charge is 0.241 e. The number of hydrogen-bond acceptors (Lipinski definition) is 3. The molecule has 1 rings (SSSR count). The van der Waals surface area contributed by atoms with Crippen LogP contribution < -0.4 is 0 Å². The standard InChI is InChI=1S/C14H21NO3Si/c1-12(15(16)17)14(10-11-18-19(2,3)4)13-8-6-5-7-9-13/h5-12,14H,1-4H3. The molecule has 0 aliphatic rings. The van der Waals surface area contributed by atoms with Crippen LogP contribution in [0.25, 0.3) is 0 Å². The molecule has 0 spiro atoms. The Morgan fingerprint density at radius 3 is 2.32 bits per heavy atom. The highest BCUT2D eigenvalue weighted by Crippen LogP contribution is 2.23. The lowest BCUT2D eigenvalue weighted by Gasteiger charge is -2.18. The molecule has 0 bridgehead atoms. The molecule has 0 radical (unpaired) electrons. The van der Waals surface area contributed by atoms with E-state index in [0.29, 0.717) is 0 Å². The van der Waals surface area contributed by atoms with Crippen molar-refractivity contribution in [2.45, 2.75) is 38.5 Å². The molecule has 1 aromatic rings. The van der Waals surface area contributed by atoms with Crippen LogP contribution in [0.15, 0.2) is 42.7 Å². The van der Waals surface area contributed by atoms with E-state index in [1.54, 1.807) is 19.3 Å². The minimum Gasteiger partial charge on any atom is -0.550 e. The first-order chi connectivity index (χ1) is 8.81. The summed E-state index contributed by atoms with van der Waals surface area (Å²) < 4.78 is 5.65. The molecule has 2 unspecified atom stereocenters. The topological polar surface area (TPSA) is 52.4 Å². The van der Waals surface area contributed by atoms with Crippen LogP contribution in [-0.2, 0) is 4.43 Å². The van der Waals surface area contributed by atoms with Gasteiger partial charge in [-0.15, -0.1) is 0 Å². The molecule has 104 valence electrons. The molecule has 2 atom stereocenters. The number of hydrogen-bond donors (Lipinski definition) is 0. The molecule has 0 aliphatic heterocycles. The Hall–Kier alpha value is -1.62. The highest BCUT2D eigenvalue weighted by molar-refractivity contribution is 6.69. The number of nitro groups is 1. The lowest BCUT2D eigenvalue weighted by atomic mass is 9.93. The lowest BCUT2D eigenvalue weighted by molar-refractivity contribution is -0.520. The Balaban J connectivity index is 2.91. The van der Waals surface area contributed by atoms with Crippen LogP contribution in [0.2, 0.25) is 19.6 Å². The van der Waals surface area contributed by atoms with Gasteiger partial charge in [-0.1, -0.05) is 30.3 Å². The van der Waals surface area contributed by atoms with E-state index in [0.717, 1.165) is 5.56 Å². The second-order valence-electron chi connectivity index (χ2n) is 5.52. The molecule has 0 saturated carbocycles. The molecule has 1 aromatic carbocycles. The van der Waals surface area contributed by atoms with Gasteiger partial charge in [0.25, 0.3) is 0 Å². The molecule has 0 amide bonds. The third-order valence-corrected chi connectivity index (χ3v) is 3.59. The van der Waals surface area contributed by atoms with Gasteiger partial charge in [0.1, 0.15) is 0 Å². The largest absolute Gasteiger partial charge is 0.550 e. The molecule has 4 nitrogen and oxygen atoms in total. The van der Waals surface area contributed by atoms with Crippen LogP contribution in [0.4, 0.5) is 0 Å². The molecular weight excluding hydrogens is 258 g/mol. The maximum Gasteiger partial charge on any atom is 0.241 e. The van der Waals surface area contributed by atoms with Crippen LogP contribution in [0.1, 0.15) is 18.4 Å².